The first-order valence-corrected chi connectivity index (χ1v) is 17.1. The zero-order valence-corrected chi connectivity index (χ0v) is 28.0. The minimum Gasteiger partial charge on any atom is -0.251 e. The monoisotopic (exact) mass is 652 g/mol. The van der Waals surface area contributed by atoms with Crippen molar-refractivity contribution in [2.24, 2.45) is 0 Å². The molecule has 0 saturated heterocycles. The first-order valence-electron chi connectivity index (χ1n) is 17.1. The van der Waals surface area contributed by atoms with E-state index in [1.807, 2.05) is 43.3 Å². The summed E-state index contributed by atoms with van der Waals surface area (Å²) in [6, 6.07) is 61.0. The van der Waals surface area contributed by atoms with E-state index >= 15 is 0 Å². The Hall–Kier alpha value is -6.78. The van der Waals surface area contributed by atoms with Crippen LogP contribution >= 0.6 is 0 Å². The third-order valence-corrected chi connectivity index (χ3v) is 9.34. The zero-order chi connectivity index (χ0) is 34.1. The lowest BCUT2D eigenvalue weighted by Gasteiger charge is -2.13. The van der Waals surface area contributed by atoms with E-state index in [0.29, 0.717) is 5.82 Å². The Balaban J connectivity index is 1.17. The molecule has 0 N–H and O–H groups in total. The van der Waals surface area contributed by atoms with Gasteiger partial charge in [-0.3, -0.25) is 4.98 Å². The molecule has 0 radical (unpaired) electrons. The molecule has 4 nitrogen and oxygen atoms in total. The van der Waals surface area contributed by atoms with Crippen LogP contribution in [0.25, 0.3) is 89.2 Å². The van der Waals surface area contributed by atoms with Crippen molar-refractivity contribution in [3.05, 3.63) is 182 Å². The average molecular weight is 653 g/mol. The number of rotatable bonds is 6. The SMILES string of the molecule is Cc1ccc2ccc3c(-c4ccccc4)cc(-c4cccc(-c5cccc(-c6nc(-c7ccccc7)cc(-c7ccccc7)n6)c5)c4)nc3c2n1. The van der Waals surface area contributed by atoms with Crippen molar-refractivity contribution >= 4 is 21.8 Å². The van der Waals surface area contributed by atoms with Crippen LogP contribution < -0.4 is 0 Å². The van der Waals surface area contributed by atoms with E-state index in [9.17, 15) is 0 Å². The summed E-state index contributed by atoms with van der Waals surface area (Å²) in [5.74, 6) is 0.687. The first-order chi connectivity index (χ1) is 25.2. The van der Waals surface area contributed by atoms with Crippen molar-refractivity contribution in [3.63, 3.8) is 0 Å². The average Bonchev–Trinajstić information content (AvgIpc) is 3.21. The van der Waals surface area contributed by atoms with Crippen LogP contribution in [0.4, 0.5) is 0 Å². The number of hydrogen-bond acceptors (Lipinski definition) is 4. The first kappa shape index (κ1) is 30.3. The number of aromatic nitrogens is 4. The molecule has 3 heterocycles. The highest BCUT2D eigenvalue weighted by Gasteiger charge is 2.15. The highest BCUT2D eigenvalue weighted by molar-refractivity contribution is 6.09. The molecule has 6 aromatic carbocycles. The Kier molecular flexibility index (Phi) is 7.67. The molecule has 0 aliphatic rings. The molecule has 0 aliphatic heterocycles. The molecule has 9 rings (SSSR count). The van der Waals surface area contributed by atoms with Crippen molar-refractivity contribution in [2.75, 3.05) is 0 Å². The minimum atomic E-state index is 0.687. The fraction of sp³-hybridized carbons (Fsp3) is 0.0213. The van der Waals surface area contributed by atoms with Gasteiger partial charge < -0.3 is 0 Å². The van der Waals surface area contributed by atoms with Gasteiger partial charge in [-0.25, -0.2) is 15.0 Å². The normalized spacial score (nSPS) is 11.2. The van der Waals surface area contributed by atoms with Crippen molar-refractivity contribution in [3.8, 4) is 67.4 Å². The molecule has 0 unspecified atom stereocenters. The molecule has 0 spiro atoms. The summed E-state index contributed by atoms with van der Waals surface area (Å²) in [7, 11) is 0. The predicted octanol–water partition coefficient (Wildman–Crippen LogP) is 11.9. The smallest absolute Gasteiger partial charge is 0.160 e. The quantitative estimate of drug-likeness (QED) is 0.168. The zero-order valence-electron chi connectivity index (χ0n) is 28.0. The second kappa shape index (κ2) is 12.9. The van der Waals surface area contributed by atoms with E-state index in [1.165, 1.54) is 0 Å². The maximum absolute atomic E-state index is 5.30. The second-order valence-electron chi connectivity index (χ2n) is 12.8. The number of fused-ring (bicyclic) bond motifs is 3. The summed E-state index contributed by atoms with van der Waals surface area (Å²) in [4.78, 5) is 20.4. The Labute approximate surface area is 296 Å². The van der Waals surface area contributed by atoms with E-state index < -0.39 is 0 Å². The lowest BCUT2D eigenvalue weighted by Crippen LogP contribution is -1.96. The molecule has 0 bridgehead atoms. The third-order valence-electron chi connectivity index (χ3n) is 9.34. The fourth-order valence-corrected chi connectivity index (χ4v) is 6.76. The number of hydrogen-bond donors (Lipinski definition) is 0. The highest BCUT2D eigenvalue weighted by atomic mass is 14.9. The number of benzene rings is 6. The van der Waals surface area contributed by atoms with Crippen LogP contribution in [0.15, 0.2) is 176 Å². The van der Waals surface area contributed by atoms with Crippen LogP contribution in [0.5, 0.6) is 0 Å². The van der Waals surface area contributed by atoms with Crippen LogP contribution in [-0.2, 0) is 0 Å². The summed E-state index contributed by atoms with van der Waals surface area (Å²) < 4.78 is 0. The van der Waals surface area contributed by atoms with Crippen LogP contribution in [0, 0.1) is 6.92 Å². The molecular weight excluding hydrogens is 621 g/mol. The van der Waals surface area contributed by atoms with E-state index in [2.05, 4.69) is 140 Å². The summed E-state index contributed by atoms with van der Waals surface area (Å²) in [6.45, 7) is 2.03. The topological polar surface area (TPSA) is 51.6 Å². The molecule has 3 aromatic heterocycles. The maximum atomic E-state index is 5.30. The largest absolute Gasteiger partial charge is 0.251 e. The molecule has 0 amide bonds. The van der Waals surface area contributed by atoms with E-state index in [4.69, 9.17) is 19.9 Å². The van der Waals surface area contributed by atoms with Crippen LogP contribution in [0.1, 0.15) is 5.69 Å². The maximum Gasteiger partial charge on any atom is 0.160 e. The van der Waals surface area contributed by atoms with Crippen molar-refractivity contribution in [2.45, 2.75) is 6.92 Å². The van der Waals surface area contributed by atoms with Crippen molar-refractivity contribution < 1.29 is 0 Å². The Bertz CT molecular complexity index is 2630. The van der Waals surface area contributed by atoms with Crippen LogP contribution in [0.3, 0.4) is 0 Å². The summed E-state index contributed by atoms with van der Waals surface area (Å²) in [5.41, 5.74) is 14.0. The van der Waals surface area contributed by atoms with Crippen molar-refractivity contribution in [1.29, 1.82) is 0 Å². The van der Waals surface area contributed by atoms with Gasteiger partial charge in [-0.2, -0.15) is 0 Å². The van der Waals surface area contributed by atoms with Crippen LogP contribution in [-0.4, -0.2) is 19.9 Å². The molecule has 0 fully saturated rings. The Morgan fingerprint density at radius 2 is 0.843 bits per heavy atom. The lowest BCUT2D eigenvalue weighted by molar-refractivity contribution is 1.18. The second-order valence-corrected chi connectivity index (χ2v) is 12.8. The third kappa shape index (κ3) is 5.94. The van der Waals surface area contributed by atoms with Gasteiger partial charge in [0.05, 0.1) is 28.1 Å². The van der Waals surface area contributed by atoms with Crippen molar-refractivity contribution in [1.82, 2.24) is 19.9 Å². The van der Waals surface area contributed by atoms with E-state index in [-0.39, 0.29) is 0 Å². The van der Waals surface area contributed by atoms with Gasteiger partial charge in [0.2, 0.25) is 0 Å². The molecular formula is C47H32N4. The predicted molar refractivity (Wildman–Crippen MR) is 210 cm³/mol. The summed E-state index contributed by atoms with van der Waals surface area (Å²) >= 11 is 0. The fourth-order valence-electron chi connectivity index (χ4n) is 6.76. The molecule has 0 saturated carbocycles. The number of aryl methyl sites for hydroxylation is 1. The standard InChI is InChI=1S/C47H32N4/c1-31-23-24-35-25-26-40-41(32-13-5-2-6-14-32)29-42(49-46(40)45(35)48-31)38-21-11-19-36(27-38)37-20-12-22-39(28-37)47-50-43(33-15-7-3-8-16-33)30-44(51-47)34-17-9-4-10-18-34/h2-30H,1H3. The molecule has 9 aromatic rings. The number of nitrogens with zero attached hydrogens (tertiary/aromatic N) is 4. The van der Waals surface area contributed by atoms with Gasteiger partial charge in [-0.15, -0.1) is 0 Å². The van der Waals surface area contributed by atoms with Gasteiger partial charge in [-0.1, -0.05) is 146 Å². The molecule has 0 atom stereocenters. The minimum absolute atomic E-state index is 0.687. The highest BCUT2D eigenvalue weighted by Crippen LogP contribution is 2.37. The van der Waals surface area contributed by atoms with E-state index in [1.54, 1.807) is 0 Å². The van der Waals surface area contributed by atoms with Gasteiger partial charge in [-0.05, 0) is 59.5 Å². The molecule has 0 aliphatic carbocycles. The summed E-state index contributed by atoms with van der Waals surface area (Å²) in [6.07, 6.45) is 0. The summed E-state index contributed by atoms with van der Waals surface area (Å²) in [5, 5.41) is 2.17. The number of pyridine rings is 2. The van der Waals surface area contributed by atoms with Gasteiger partial charge >= 0.3 is 0 Å². The van der Waals surface area contributed by atoms with E-state index in [0.717, 1.165) is 89.1 Å². The Morgan fingerprint density at radius 1 is 0.333 bits per heavy atom. The molecule has 240 valence electrons. The molecule has 4 heteroatoms. The molecule has 51 heavy (non-hydrogen) atoms. The van der Waals surface area contributed by atoms with Gasteiger partial charge in [0.25, 0.3) is 0 Å². The van der Waals surface area contributed by atoms with Gasteiger partial charge in [0, 0.05) is 38.7 Å². The Morgan fingerprint density at radius 3 is 1.49 bits per heavy atom. The van der Waals surface area contributed by atoms with Crippen LogP contribution in [0.2, 0.25) is 0 Å². The van der Waals surface area contributed by atoms with Gasteiger partial charge in [0.1, 0.15) is 0 Å². The lowest BCUT2D eigenvalue weighted by atomic mass is 9.95. The van der Waals surface area contributed by atoms with Gasteiger partial charge in [0.15, 0.2) is 5.82 Å².